The van der Waals surface area contributed by atoms with E-state index in [1.165, 1.54) is 23.9 Å². The molecule has 25 heavy (non-hydrogen) atoms. The van der Waals surface area contributed by atoms with Crippen molar-refractivity contribution in [3.63, 3.8) is 0 Å². The molecule has 3 aromatic rings. The number of carbonyl (C=O) groups excluding carboxylic acids is 1. The highest BCUT2D eigenvalue weighted by molar-refractivity contribution is 6.01. The van der Waals surface area contributed by atoms with Gasteiger partial charge in [-0.05, 0) is 18.2 Å². The Hall–Kier alpha value is -3.48. The third-order valence-electron chi connectivity index (χ3n) is 3.79. The Labute approximate surface area is 142 Å². The monoisotopic (exact) mass is 337 g/mol. The van der Waals surface area contributed by atoms with Crippen LogP contribution in [-0.2, 0) is 18.3 Å². The van der Waals surface area contributed by atoms with Crippen LogP contribution in [0, 0.1) is 0 Å². The number of nitrogens with zero attached hydrogens (tertiary/aromatic N) is 2. The van der Waals surface area contributed by atoms with Gasteiger partial charge in [0.1, 0.15) is 0 Å². The number of carboxylic acid groups (broad SMARTS) is 1. The molecule has 0 atom stereocenters. The molecule has 0 radical (unpaired) electrons. The van der Waals surface area contributed by atoms with Crippen molar-refractivity contribution < 1.29 is 14.7 Å². The molecule has 0 aliphatic carbocycles. The van der Waals surface area contributed by atoms with E-state index >= 15 is 0 Å². The van der Waals surface area contributed by atoms with E-state index in [0.29, 0.717) is 16.5 Å². The minimum absolute atomic E-state index is 0.00845. The molecule has 0 fully saturated rings. The van der Waals surface area contributed by atoms with Crippen molar-refractivity contribution in [3.8, 4) is 0 Å². The van der Waals surface area contributed by atoms with Crippen LogP contribution in [0.5, 0.6) is 0 Å². The molecule has 7 nitrogen and oxygen atoms in total. The molecule has 0 aliphatic heterocycles. The number of aromatic carboxylic acids is 1. The van der Waals surface area contributed by atoms with Crippen LogP contribution >= 0.6 is 0 Å². The molecule has 3 rings (SSSR count). The fraction of sp³-hybridized carbons (Fsp3) is 0.111. The fourth-order valence-corrected chi connectivity index (χ4v) is 2.63. The fourth-order valence-electron chi connectivity index (χ4n) is 2.63. The van der Waals surface area contributed by atoms with Crippen molar-refractivity contribution in [2.45, 2.75) is 6.42 Å². The summed E-state index contributed by atoms with van der Waals surface area (Å²) in [6.45, 7) is 0. The highest BCUT2D eigenvalue weighted by Crippen LogP contribution is 2.17. The van der Waals surface area contributed by atoms with Crippen molar-refractivity contribution in [3.05, 3.63) is 70.1 Å². The summed E-state index contributed by atoms with van der Waals surface area (Å²) in [5.41, 5.74) is 0.433. The minimum atomic E-state index is -1.12. The van der Waals surface area contributed by atoms with Crippen LogP contribution in [0.15, 0.2) is 53.3 Å². The van der Waals surface area contributed by atoms with Gasteiger partial charge >= 0.3 is 5.97 Å². The number of amides is 1. The average molecular weight is 337 g/mol. The predicted molar refractivity (Wildman–Crippen MR) is 92.7 cm³/mol. The first kappa shape index (κ1) is 16.4. The molecule has 2 N–H and O–H groups in total. The Bertz CT molecular complexity index is 1040. The lowest BCUT2D eigenvalue weighted by Gasteiger charge is -2.10. The van der Waals surface area contributed by atoms with E-state index in [9.17, 15) is 19.5 Å². The number of benzene rings is 2. The molecule has 7 heteroatoms. The molecule has 1 aromatic heterocycles. The van der Waals surface area contributed by atoms with Gasteiger partial charge in [0, 0.05) is 12.4 Å². The molecule has 1 amide bonds. The van der Waals surface area contributed by atoms with Crippen molar-refractivity contribution in [2.24, 2.45) is 7.05 Å². The number of anilines is 1. The first-order valence-electron chi connectivity index (χ1n) is 7.54. The number of nitrogens with one attached hydrogen (secondary N) is 1. The third kappa shape index (κ3) is 3.25. The van der Waals surface area contributed by atoms with Gasteiger partial charge in [-0.15, -0.1) is 0 Å². The van der Waals surface area contributed by atoms with E-state index in [4.69, 9.17) is 0 Å². The Kier molecular flexibility index (Phi) is 4.30. The molecule has 1 heterocycles. The van der Waals surface area contributed by atoms with Crippen molar-refractivity contribution >= 4 is 28.3 Å². The van der Waals surface area contributed by atoms with Gasteiger partial charge in [-0.1, -0.05) is 30.3 Å². The van der Waals surface area contributed by atoms with Gasteiger partial charge in [0.25, 0.3) is 5.56 Å². The van der Waals surface area contributed by atoms with Crippen molar-refractivity contribution in [1.29, 1.82) is 0 Å². The van der Waals surface area contributed by atoms with Gasteiger partial charge in [0.2, 0.25) is 5.91 Å². The number of hydrogen-bond acceptors (Lipinski definition) is 4. The largest absolute Gasteiger partial charge is 0.478 e. The molecule has 0 bridgehead atoms. The number of carbonyl (C=O) groups is 2. The smallest absolute Gasteiger partial charge is 0.337 e. The van der Waals surface area contributed by atoms with Crippen LogP contribution in [0.25, 0.3) is 10.8 Å². The van der Waals surface area contributed by atoms with Crippen molar-refractivity contribution in [1.82, 2.24) is 9.78 Å². The number of aryl methyl sites for hydroxylation is 1. The predicted octanol–water partition coefficient (Wildman–Crippen LogP) is 1.81. The highest BCUT2D eigenvalue weighted by atomic mass is 16.4. The summed E-state index contributed by atoms with van der Waals surface area (Å²) in [5.74, 6) is -1.54. The number of aromatic nitrogens is 2. The summed E-state index contributed by atoms with van der Waals surface area (Å²) < 4.78 is 1.19. The SMILES string of the molecule is Cn1nc(CC(=O)Nc2ccccc2C(=O)O)c2ccccc2c1=O. The number of fused-ring (bicyclic) bond motifs is 1. The van der Waals surface area contributed by atoms with Crippen LogP contribution in [0.2, 0.25) is 0 Å². The first-order valence-corrected chi connectivity index (χ1v) is 7.54. The molecule has 0 aliphatic rings. The van der Waals surface area contributed by atoms with Gasteiger partial charge in [0.15, 0.2) is 0 Å². The van der Waals surface area contributed by atoms with Gasteiger partial charge < -0.3 is 10.4 Å². The molecule has 2 aromatic carbocycles. The summed E-state index contributed by atoms with van der Waals surface area (Å²) in [6.07, 6.45) is -0.0808. The second-order valence-electron chi connectivity index (χ2n) is 5.50. The summed E-state index contributed by atoms with van der Waals surface area (Å²) in [4.78, 5) is 35.7. The molecule has 0 saturated carbocycles. The number of para-hydroxylation sites is 1. The number of hydrogen-bond donors (Lipinski definition) is 2. The van der Waals surface area contributed by atoms with Crippen LogP contribution in [0.1, 0.15) is 16.1 Å². The Morgan fingerprint density at radius 3 is 2.44 bits per heavy atom. The Morgan fingerprint density at radius 2 is 1.72 bits per heavy atom. The first-order chi connectivity index (χ1) is 12.0. The third-order valence-corrected chi connectivity index (χ3v) is 3.79. The zero-order valence-electron chi connectivity index (χ0n) is 13.4. The van der Waals surface area contributed by atoms with Gasteiger partial charge in [-0.3, -0.25) is 9.59 Å². The van der Waals surface area contributed by atoms with Gasteiger partial charge in [-0.2, -0.15) is 5.10 Å². The minimum Gasteiger partial charge on any atom is -0.478 e. The summed E-state index contributed by atoms with van der Waals surface area (Å²) in [6, 6.07) is 13.1. The maximum Gasteiger partial charge on any atom is 0.337 e. The van der Waals surface area contributed by atoms with Crippen LogP contribution in [0.4, 0.5) is 5.69 Å². The van der Waals surface area contributed by atoms with Gasteiger partial charge in [0.05, 0.1) is 28.8 Å². The number of rotatable bonds is 4. The van der Waals surface area contributed by atoms with E-state index < -0.39 is 11.9 Å². The second-order valence-corrected chi connectivity index (χ2v) is 5.50. The topological polar surface area (TPSA) is 101 Å². The summed E-state index contributed by atoms with van der Waals surface area (Å²) >= 11 is 0. The maximum atomic E-state index is 12.4. The van der Waals surface area contributed by atoms with E-state index in [1.54, 1.807) is 36.4 Å². The molecular formula is C18H15N3O4. The Balaban J connectivity index is 1.93. The quantitative estimate of drug-likeness (QED) is 0.756. The van der Waals surface area contributed by atoms with Gasteiger partial charge in [-0.25, -0.2) is 9.48 Å². The van der Waals surface area contributed by atoms with Crippen LogP contribution in [-0.4, -0.2) is 26.8 Å². The van der Waals surface area contributed by atoms with E-state index in [0.717, 1.165) is 0 Å². The molecule has 0 unspecified atom stereocenters. The lowest BCUT2D eigenvalue weighted by Crippen LogP contribution is -2.24. The van der Waals surface area contributed by atoms with E-state index in [-0.39, 0.29) is 23.2 Å². The maximum absolute atomic E-state index is 12.4. The van der Waals surface area contributed by atoms with E-state index in [1.807, 2.05) is 0 Å². The highest BCUT2D eigenvalue weighted by Gasteiger charge is 2.15. The molecule has 0 spiro atoms. The second kappa shape index (κ2) is 6.56. The normalized spacial score (nSPS) is 10.6. The molecule has 0 saturated heterocycles. The molecule has 126 valence electrons. The molecular weight excluding hydrogens is 322 g/mol. The zero-order chi connectivity index (χ0) is 18.0. The number of carboxylic acids is 1. The van der Waals surface area contributed by atoms with Crippen LogP contribution in [0.3, 0.4) is 0 Å². The lowest BCUT2D eigenvalue weighted by molar-refractivity contribution is -0.115. The Morgan fingerprint density at radius 1 is 1.08 bits per heavy atom. The lowest BCUT2D eigenvalue weighted by atomic mass is 10.1. The van der Waals surface area contributed by atoms with E-state index in [2.05, 4.69) is 10.4 Å². The van der Waals surface area contributed by atoms with Crippen LogP contribution < -0.4 is 10.9 Å². The average Bonchev–Trinajstić information content (AvgIpc) is 2.59. The van der Waals surface area contributed by atoms with Crippen molar-refractivity contribution in [2.75, 3.05) is 5.32 Å². The zero-order valence-corrected chi connectivity index (χ0v) is 13.4. The summed E-state index contributed by atoms with van der Waals surface area (Å²) in [7, 11) is 1.52. The standard InChI is InChI=1S/C18H15N3O4/c1-21-17(23)12-7-3-2-6-11(12)15(20-21)10-16(22)19-14-9-5-4-8-13(14)18(24)25/h2-9H,10H2,1H3,(H,19,22)(H,24,25). The summed E-state index contributed by atoms with van der Waals surface area (Å²) in [5, 5.41) is 17.0.